The molecule has 158 valence electrons. The number of hydrogen-bond donors (Lipinski definition) is 1. The van der Waals surface area contributed by atoms with Crippen LogP contribution in [-0.4, -0.2) is 10.8 Å². The lowest BCUT2D eigenvalue weighted by Crippen LogP contribution is -2.18. The van der Waals surface area contributed by atoms with Gasteiger partial charge in [-0.15, -0.1) is 4.91 Å². The number of nitrogens with zero attached hydrogens (tertiary/aromatic N) is 2. The maximum Gasteiger partial charge on any atom is 0.130 e. The molecule has 0 saturated carbocycles. The van der Waals surface area contributed by atoms with Crippen molar-refractivity contribution in [3.63, 3.8) is 0 Å². The van der Waals surface area contributed by atoms with E-state index >= 15 is 0 Å². The lowest BCUT2D eigenvalue weighted by atomic mass is 9.77. The second kappa shape index (κ2) is 10.5. The zero-order valence-electron chi connectivity index (χ0n) is 19.3. The monoisotopic (exact) mass is 390 g/mol. The van der Waals surface area contributed by atoms with Crippen LogP contribution in [0.2, 0.25) is 0 Å². The van der Waals surface area contributed by atoms with Gasteiger partial charge in [0.1, 0.15) is 11.4 Å². The Hall–Kier alpha value is -2.01. The van der Waals surface area contributed by atoms with Gasteiger partial charge in [-0.05, 0) is 46.5 Å². The zero-order valence-corrected chi connectivity index (χ0v) is 19.3. The Balaban J connectivity index is 0.00000352. The summed E-state index contributed by atoms with van der Waals surface area (Å²) < 4.78 is 0. The Kier molecular flexibility index (Phi) is 9.76. The minimum Gasteiger partial charge on any atom is -0.388 e. The van der Waals surface area contributed by atoms with Gasteiger partial charge in [0.15, 0.2) is 0 Å². The summed E-state index contributed by atoms with van der Waals surface area (Å²) in [6.45, 7) is 23.6. The van der Waals surface area contributed by atoms with Crippen molar-refractivity contribution in [2.24, 2.45) is 10.3 Å². The molecule has 0 bridgehead atoms. The van der Waals surface area contributed by atoms with Crippen LogP contribution < -0.4 is 0 Å². The average molecular weight is 391 g/mol. The molecule has 1 atom stereocenters. The summed E-state index contributed by atoms with van der Waals surface area (Å²) in [7, 11) is 0. The summed E-state index contributed by atoms with van der Waals surface area (Å²) in [5.41, 5.74) is 3.03. The second-order valence-electron chi connectivity index (χ2n) is 8.94. The van der Waals surface area contributed by atoms with Crippen LogP contribution in [0.1, 0.15) is 98.5 Å². The van der Waals surface area contributed by atoms with Crippen LogP contribution in [0.4, 0.5) is 5.69 Å². The first-order valence-electron chi connectivity index (χ1n) is 9.83. The second-order valence-corrected chi connectivity index (χ2v) is 8.94. The number of hydrogen-bond acceptors (Lipinski definition) is 5. The molecule has 0 aliphatic heterocycles. The average Bonchev–Trinajstić information content (AvgIpc) is 2.58. The quantitative estimate of drug-likeness (QED) is 0.245. The van der Waals surface area contributed by atoms with Crippen LogP contribution >= 0.6 is 0 Å². The van der Waals surface area contributed by atoms with Crippen molar-refractivity contribution >= 4 is 11.4 Å². The fourth-order valence-electron chi connectivity index (χ4n) is 2.62. The Morgan fingerprint density at radius 3 is 1.82 bits per heavy atom. The van der Waals surface area contributed by atoms with Gasteiger partial charge in [0.05, 0.1) is 11.8 Å². The molecule has 0 heterocycles. The normalized spacial score (nSPS) is 12.4. The molecule has 0 aromatic heterocycles. The SMILES string of the molecule is C=C(CC(O)c1cc(C(C)(C)C)c(N=O)c(C(C)(C)C)c1)ON=C(C)C.CC. The molecule has 0 saturated heterocycles. The van der Waals surface area contributed by atoms with E-state index in [0.717, 1.165) is 16.8 Å². The fraction of sp³-hybridized carbons (Fsp3) is 0.609. The van der Waals surface area contributed by atoms with E-state index in [-0.39, 0.29) is 17.3 Å². The van der Waals surface area contributed by atoms with Crippen molar-refractivity contribution in [3.8, 4) is 0 Å². The Morgan fingerprint density at radius 1 is 1.07 bits per heavy atom. The van der Waals surface area contributed by atoms with E-state index in [9.17, 15) is 10.0 Å². The van der Waals surface area contributed by atoms with Crippen LogP contribution in [0.3, 0.4) is 0 Å². The molecule has 0 radical (unpaired) electrons. The molecule has 0 fully saturated rings. The van der Waals surface area contributed by atoms with Crippen molar-refractivity contribution in [2.75, 3.05) is 0 Å². The first-order chi connectivity index (χ1) is 12.8. The number of aliphatic hydroxyl groups is 1. The summed E-state index contributed by atoms with van der Waals surface area (Å²) in [4.78, 5) is 16.8. The van der Waals surface area contributed by atoms with Crippen molar-refractivity contribution < 1.29 is 9.94 Å². The number of oxime groups is 1. The predicted molar refractivity (Wildman–Crippen MR) is 119 cm³/mol. The molecule has 0 amide bonds. The van der Waals surface area contributed by atoms with E-state index in [4.69, 9.17) is 4.84 Å². The first-order valence-corrected chi connectivity index (χ1v) is 9.83. The van der Waals surface area contributed by atoms with Crippen LogP contribution in [0.25, 0.3) is 0 Å². The van der Waals surface area contributed by atoms with E-state index in [1.54, 1.807) is 0 Å². The third-order valence-electron chi connectivity index (χ3n) is 4.00. The fourth-order valence-corrected chi connectivity index (χ4v) is 2.62. The summed E-state index contributed by atoms with van der Waals surface area (Å²) in [5, 5.41) is 17.9. The highest BCUT2D eigenvalue weighted by Gasteiger charge is 2.28. The van der Waals surface area contributed by atoms with Crippen molar-refractivity contribution in [1.82, 2.24) is 0 Å². The van der Waals surface area contributed by atoms with E-state index < -0.39 is 6.10 Å². The number of nitroso groups, excluding NO2 is 1. The molecule has 1 rings (SSSR count). The van der Waals surface area contributed by atoms with Crippen LogP contribution in [-0.2, 0) is 15.7 Å². The molecule has 1 N–H and O–H groups in total. The number of aliphatic hydroxyl groups excluding tert-OH is 1. The van der Waals surface area contributed by atoms with Crippen molar-refractivity contribution in [3.05, 3.63) is 46.1 Å². The highest BCUT2D eigenvalue weighted by atomic mass is 16.6. The van der Waals surface area contributed by atoms with E-state index in [1.807, 2.05) is 81.4 Å². The molecule has 1 unspecified atom stereocenters. The predicted octanol–water partition coefficient (Wildman–Crippen LogP) is 7.06. The third-order valence-corrected chi connectivity index (χ3v) is 4.00. The van der Waals surface area contributed by atoms with Crippen molar-refractivity contribution in [2.45, 2.75) is 92.6 Å². The highest BCUT2D eigenvalue weighted by Crippen LogP contribution is 2.42. The van der Waals surface area contributed by atoms with Crippen LogP contribution in [0, 0.1) is 4.91 Å². The standard InChI is InChI=1S/C21H32N2O3.C2H6/c1-13(2)23-26-14(3)10-18(24)15-11-16(20(4,5)6)19(22-25)17(12-15)21(7,8)9;1-2/h11-12,18,24H,3,10H2,1-2,4-9H3;1-2H3. The van der Waals surface area contributed by atoms with Gasteiger partial charge in [0.2, 0.25) is 0 Å². The lowest BCUT2D eigenvalue weighted by molar-refractivity contribution is 0.135. The van der Waals surface area contributed by atoms with Gasteiger partial charge in [-0.25, -0.2) is 0 Å². The van der Waals surface area contributed by atoms with Crippen LogP contribution in [0.15, 0.2) is 34.8 Å². The maximum atomic E-state index is 11.6. The van der Waals surface area contributed by atoms with Gasteiger partial charge < -0.3 is 9.94 Å². The Morgan fingerprint density at radius 2 is 1.50 bits per heavy atom. The molecule has 0 aliphatic carbocycles. The van der Waals surface area contributed by atoms with Gasteiger partial charge in [-0.3, -0.25) is 0 Å². The zero-order chi connectivity index (χ0) is 22.3. The largest absolute Gasteiger partial charge is 0.388 e. The highest BCUT2D eigenvalue weighted by molar-refractivity contribution is 5.78. The Labute approximate surface area is 170 Å². The van der Waals surface area contributed by atoms with E-state index in [1.165, 1.54) is 0 Å². The van der Waals surface area contributed by atoms with Gasteiger partial charge in [-0.2, -0.15) is 0 Å². The smallest absolute Gasteiger partial charge is 0.130 e. The van der Waals surface area contributed by atoms with Gasteiger partial charge in [0, 0.05) is 6.42 Å². The van der Waals surface area contributed by atoms with Gasteiger partial charge >= 0.3 is 0 Å². The molecular formula is C23H38N2O3. The van der Waals surface area contributed by atoms with E-state index in [2.05, 4.69) is 16.9 Å². The molecule has 0 spiro atoms. The molecular weight excluding hydrogens is 352 g/mol. The topological polar surface area (TPSA) is 71.2 Å². The van der Waals surface area contributed by atoms with Crippen LogP contribution in [0.5, 0.6) is 0 Å². The third kappa shape index (κ3) is 7.55. The molecule has 28 heavy (non-hydrogen) atoms. The minimum atomic E-state index is -0.808. The molecule has 5 heteroatoms. The van der Waals surface area contributed by atoms with E-state index in [0.29, 0.717) is 17.0 Å². The summed E-state index contributed by atoms with van der Waals surface area (Å²) in [5.74, 6) is 0.380. The first kappa shape index (κ1) is 26.0. The summed E-state index contributed by atoms with van der Waals surface area (Å²) in [6, 6.07) is 3.72. The summed E-state index contributed by atoms with van der Waals surface area (Å²) in [6.07, 6.45) is -0.588. The minimum absolute atomic E-state index is 0.220. The molecule has 1 aromatic carbocycles. The summed E-state index contributed by atoms with van der Waals surface area (Å²) >= 11 is 0. The van der Waals surface area contributed by atoms with Gasteiger partial charge in [0.25, 0.3) is 0 Å². The van der Waals surface area contributed by atoms with Crippen molar-refractivity contribution in [1.29, 1.82) is 0 Å². The number of benzene rings is 1. The maximum absolute atomic E-state index is 11.6. The lowest BCUT2D eigenvalue weighted by Gasteiger charge is -2.29. The molecule has 1 aromatic rings. The number of rotatable bonds is 6. The molecule has 5 nitrogen and oxygen atoms in total. The molecule has 0 aliphatic rings. The van der Waals surface area contributed by atoms with Gasteiger partial charge in [-0.1, -0.05) is 79.3 Å². The Bertz CT molecular complexity index is 669.